The van der Waals surface area contributed by atoms with Crippen molar-refractivity contribution in [2.24, 2.45) is 11.3 Å². The van der Waals surface area contributed by atoms with Crippen molar-refractivity contribution in [3.8, 4) is 0 Å². The van der Waals surface area contributed by atoms with E-state index in [1.165, 1.54) is 97.2 Å². The fourth-order valence-electron chi connectivity index (χ4n) is 5.25. The van der Waals surface area contributed by atoms with Crippen LogP contribution in [0.1, 0.15) is 51.4 Å². The zero-order valence-electron chi connectivity index (χ0n) is 15.6. The third-order valence-corrected chi connectivity index (χ3v) is 7.28. The molecule has 0 unspecified atom stereocenters. The molecule has 4 rings (SSSR count). The molecule has 24 heavy (non-hydrogen) atoms. The number of piperidine rings is 2. The van der Waals surface area contributed by atoms with Gasteiger partial charge in [0.25, 0.3) is 0 Å². The van der Waals surface area contributed by atoms with E-state index >= 15 is 0 Å². The van der Waals surface area contributed by atoms with Gasteiger partial charge in [-0.2, -0.15) is 0 Å². The molecule has 3 aliphatic heterocycles. The molecule has 0 aromatic heterocycles. The summed E-state index contributed by atoms with van der Waals surface area (Å²) in [7, 11) is 2.23. The Kier molecular flexibility index (Phi) is 5.47. The van der Waals surface area contributed by atoms with E-state index in [0.717, 1.165) is 5.92 Å². The molecule has 138 valence electrons. The summed E-state index contributed by atoms with van der Waals surface area (Å²) in [6.07, 6.45) is 11.8. The second-order valence-electron chi connectivity index (χ2n) is 9.19. The highest BCUT2D eigenvalue weighted by molar-refractivity contribution is 4.96. The van der Waals surface area contributed by atoms with Gasteiger partial charge in [0.15, 0.2) is 0 Å². The normalized spacial score (nSPS) is 35.9. The Labute approximate surface area is 148 Å². The van der Waals surface area contributed by atoms with Crippen molar-refractivity contribution >= 4 is 0 Å². The summed E-state index contributed by atoms with van der Waals surface area (Å²) in [4.78, 5) is 5.19. The van der Waals surface area contributed by atoms with Gasteiger partial charge < -0.3 is 19.9 Å². The van der Waals surface area contributed by atoms with Gasteiger partial charge in [0, 0.05) is 32.7 Å². The topological polar surface area (TPSA) is 27.7 Å². The van der Waals surface area contributed by atoms with Gasteiger partial charge in [-0.1, -0.05) is 0 Å². The predicted molar refractivity (Wildman–Crippen MR) is 98.3 cm³/mol. The maximum atomic E-state index is 6.42. The summed E-state index contributed by atoms with van der Waals surface area (Å²) in [5.41, 5.74) is 0.691. The lowest BCUT2D eigenvalue weighted by molar-refractivity contribution is -0.0608. The molecule has 1 aliphatic carbocycles. The van der Waals surface area contributed by atoms with Crippen LogP contribution >= 0.6 is 0 Å². The molecule has 0 aromatic carbocycles. The van der Waals surface area contributed by atoms with Crippen LogP contribution in [0.15, 0.2) is 0 Å². The Balaban J connectivity index is 1.13. The third kappa shape index (κ3) is 4.14. The Bertz CT molecular complexity index is 386. The highest BCUT2D eigenvalue weighted by Gasteiger charge is 2.40. The molecule has 0 amide bonds. The molecule has 1 N–H and O–H groups in total. The quantitative estimate of drug-likeness (QED) is 0.853. The monoisotopic (exact) mass is 335 g/mol. The average molecular weight is 336 g/mol. The molecule has 4 aliphatic rings. The maximum Gasteiger partial charge on any atom is 0.0603 e. The highest BCUT2D eigenvalue weighted by Crippen LogP contribution is 2.36. The lowest BCUT2D eigenvalue weighted by atomic mass is 9.73. The molecule has 4 fully saturated rings. The van der Waals surface area contributed by atoms with Crippen molar-refractivity contribution in [1.82, 2.24) is 15.1 Å². The maximum absolute atomic E-state index is 6.42. The van der Waals surface area contributed by atoms with Crippen LogP contribution in [0.25, 0.3) is 0 Å². The largest absolute Gasteiger partial charge is 0.375 e. The second-order valence-corrected chi connectivity index (χ2v) is 9.19. The van der Waals surface area contributed by atoms with E-state index in [-0.39, 0.29) is 0 Å². The van der Waals surface area contributed by atoms with Crippen molar-refractivity contribution in [2.75, 3.05) is 52.9 Å². The van der Waals surface area contributed by atoms with Crippen molar-refractivity contribution in [2.45, 2.75) is 63.6 Å². The molecule has 1 saturated carbocycles. The second kappa shape index (κ2) is 7.61. The van der Waals surface area contributed by atoms with Gasteiger partial charge in [-0.15, -0.1) is 0 Å². The van der Waals surface area contributed by atoms with Gasteiger partial charge in [0.1, 0.15) is 0 Å². The fourth-order valence-corrected chi connectivity index (χ4v) is 5.25. The van der Waals surface area contributed by atoms with Crippen LogP contribution in [0.3, 0.4) is 0 Å². The molecule has 0 aromatic rings. The molecular weight excluding hydrogens is 298 g/mol. The average Bonchev–Trinajstić information content (AvgIpc) is 2.58. The summed E-state index contributed by atoms with van der Waals surface area (Å²) < 4.78 is 6.42. The van der Waals surface area contributed by atoms with Crippen molar-refractivity contribution in [1.29, 1.82) is 0 Å². The molecule has 3 saturated heterocycles. The lowest BCUT2D eigenvalue weighted by Gasteiger charge is -2.49. The number of rotatable bonds is 4. The smallest absolute Gasteiger partial charge is 0.0603 e. The van der Waals surface area contributed by atoms with Crippen molar-refractivity contribution < 1.29 is 4.74 Å². The van der Waals surface area contributed by atoms with E-state index in [0.29, 0.717) is 17.6 Å². The zero-order chi connectivity index (χ0) is 16.4. The number of likely N-dealkylation sites (tertiary alicyclic amines) is 2. The van der Waals surface area contributed by atoms with Crippen LogP contribution in [-0.4, -0.2) is 74.9 Å². The van der Waals surface area contributed by atoms with Crippen LogP contribution in [-0.2, 0) is 4.74 Å². The first-order chi connectivity index (χ1) is 11.7. The summed E-state index contributed by atoms with van der Waals surface area (Å²) in [5, 5.41) is 3.47. The number of ether oxygens (including phenoxy) is 1. The van der Waals surface area contributed by atoms with Crippen LogP contribution < -0.4 is 5.32 Å². The number of hydrogen-bond donors (Lipinski definition) is 1. The minimum atomic E-state index is 0.539. The third-order valence-electron chi connectivity index (χ3n) is 7.28. The number of nitrogens with zero attached hydrogens (tertiary/aromatic N) is 2. The molecule has 4 nitrogen and oxygen atoms in total. The Morgan fingerprint density at radius 2 is 1.50 bits per heavy atom. The van der Waals surface area contributed by atoms with E-state index in [2.05, 4.69) is 22.2 Å². The first kappa shape index (κ1) is 17.3. The zero-order valence-corrected chi connectivity index (χ0v) is 15.6. The van der Waals surface area contributed by atoms with Crippen molar-refractivity contribution in [3.05, 3.63) is 0 Å². The van der Waals surface area contributed by atoms with Crippen molar-refractivity contribution in [3.63, 3.8) is 0 Å². The van der Waals surface area contributed by atoms with Gasteiger partial charge >= 0.3 is 0 Å². The first-order valence-corrected chi connectivity index (χ1v) is 10.5. The van der Waals surface area contributed by atoms with Crippen LogP contribution in [0, 0.1) is 11.3 Å². The minimum Gasteiger partial charge on any atom is -0.375 e. The van der Waals surface area contributed by atoms with Crippen LogP contribution in [0.2, 0.25) is 0 Å². The minimum absolute atomic E-state index is 0.539. The number of nitrogens with one attached hydrogen (secondary N) is 1. The summed E-state index contributed by atoms with van der Waals surface area (Å²) in [5.74, 6) is 0.927. The molecule has 3 heterocycles. The van der Waals surface area contributed by atoms with Gasteiger partial charge in [-0.25, -0.2) is 0 Å². The Hall–Kier alpha value is -0.160. The van der Waals surface area contributed by atoms with Gasteiger partial charge in [0.2, 0.25) is 0 Å². The van der Waals surface area contributed by atoms with Gasteiger partial charge in [-0.3, -0.25) is 0 Å². The van der Waals surface area contributed by atoms with Crippen LogP contribution in [0.4, 0.5) is 0 Å². The van der Waals surface area contributed by atoms with E-state index in [4.69, 9.17) is 4.74 Å². The SMILES string of the molecule is CN1CCC(OC2CCC(CN3CCC4(CC3)CNC4)CC2)CC1. The highest BCUT2D eigenvalue weighted by atomic mass is 16.5. The molecule has 0 bridgehead atoms. The molecular formula is C20H37N3O. The fraction of sp³-hybridized carbons (Fsp3) is 1.00. The van der Waals surface area contributed by atoms with Gasteiger partial charge in [0.05, 0.1) is 12.2 Å². The Morgan fingerprint density at radius 3 is 2.08 bits per heavy atom. The lowest BCUT2D eigenvalue weighted by Crippen LogP contribution is -2.58. The number of hydrogen-bond acceptors (Lipinski definition) is 4. The standard InChI is InChI=1S/C20H37N3O/c1-22-10-6-19(7-11-22)24-18-4-2-17(3-5-18)14-23-12-8-20(9-13-23)15-21-16-20/h17-19,21H,2-16H2,1H3. The van der Waals surface area contributed by atoms with E-state index in [1.54, 1.807) is 0 Å². The molecule has 1 spiro atoms. The van der Waals surface area contributed by atoms with Crippen LogP contribution in [0.5, 0.6) is 0 Å². The first-order valence-electron chi connectivity index (χ1n) is 10.5. The van der Waals surface area contributed by atoms with Gasteiger partial charge in [-0.05, 0) is 82.8 Å². The van der Waals surface area contributed by atoms with E-state index in [1.807, 2.05) is 0 Å². The summed E-state index contributed by atoms with van der Waals surface area (Å²) in [6.45, 7) is 9.02. The predicted octanol–water partition coefficient (Wildman–Crippen LogP) is 2.34. The Morgan fingerprint density at radius 1 is 0.875 bits per heavy atom. The summed E-state index contributed by atoms with van der Waals surface area (Å²) >= 11 is 0. The molecule has 4 heteroatoms. The summed E-state index contributed by atoms with van der Waals surface area (Å²) in [6, 6.07) is 0. The van der Waals surface area contributed by atoms with E-state index < -0.39 is 0 Å². The molecule has 0 atom stereocenters. The van der Waals surface area contributed by atoms with E-state index in [9.17, 15) is 0 Å². The molecule has 0 radical (unpaired) electrons.